The Balaban J connectivity index is 1.89. The lowest BCUT2D eigenvalue weighted by Crippen LogP contribution is -2.23. The first kappa shape index (κ1) is 13.2. The molecule has 1 aliphatic rings. The molecule has 0 bridgehead atoms. The van der Waals surface area contributed by atoms with E-state index in [-0.39, 0.29) is 6.10 Å². The molecule has 1 unspecified atom stereocenters. The van der Waals surface area contributed by atoms with E-state index in [1.807, 2.05) is 0 Å². The predicted octanol–water partition coefficient (Wildman–Crippen LogP) is 1.53. The Labute approximate surface area is 108 Å². The van der Waals surface area contributed by atoms with Crippen molar-refractivity contribution in [3.63, 3.8) is 0 Å². The molecule has 100 valence electrons. The number of rotatable bonds is 6. The summed E-state index contributed by atoms with van der Waals surface area (Å²) in [5.41, 5.74) is 0.990. The molecule has 0 aliphatic carbocycles. The van der Waals surface area contributed by atoms with Crippen LogP contribution in [-0.2, 0) is 11.3 Å². The van der Waals surface area contributed by atoms with Crippen molar-refractivity contribution in [3.05, 3.63) is 18.1 Å². The van der Waals surface area contributed by atoms with Crippen LogP contribution in [0.4, 0.5) is 0 Å². The molecule has 5 heteroatoms. The van der Waals surface area contributed by atoms with Gasteiger partial charge in [0.25, 0.3) is 0 Å². The summed E-state index contributed by atoms with van der Waals surface area (Å²) < 4.78 is 11.3. The molecule has 1 fully saturated rings. The minimum atomic E-state index is 0.214. The molecular formula is C13H21N3O2. The molecule has 0 radical (unpaired) electrons. The molecule has 2 heterocycles. The smallest absolute Gasteiger partial charge is 0.221 e. The molecule has 0 aromatic carbocycles. The Morgan fingerprint density at radius 2 is 2.44 bits per heavy atom. The number of hydrogen-bond acceptors (Lipinski definition) is 5. The first-order valence-electron chi connectivity index (χ1n) is 6.52. The fourth-order valence-corrected chi connectivity index (χ4v) is 1.86. The van der Waals surface area contributed by atoms with Crippen LogP contribution in [0.5, 0.6) is 5.88 Å². The van der Waals surface area contributed by atoms with Crippen LogP contribution in [0.3, 0.4) is 0 Å². The van der Waals surface area contributed by atoms with Gasteiger partial charge in [-0.05, 0) is 12.8 Å². The third-order valence-corrected chi connectivity index (χ3v) is 2.88. The predicted molar refractivity (Wildman–Crippen MR) is 68.5 cm³/mol. The molecular weight excluding hydrogens is 230 g/mol. The second-order valence-corrected chi connectivity index (χ2v) is 4.83. The summed E-state index contributed by atoms with van der Waals surface area (Å²) in [6, 6.07) is 0.427. The van der Waals surface area contributed by atoms with Crippen molar-refractivity contribution >= 4 is 0 Å². The van der Waals surface area contributed by atoms with Crippen molar-refractivity contribution in [2.24, 2.45) is 0 Å². The summed E-state index contributed by atoms with van der Waals surface area (Å²) in [6.07, 6.45) is 5.73. The topological polar surface area (TPSA) is 56.3 Å². The van der Waals surface area contributed by atoms with Crippen molar-refractivity contribution < 1.29 is 9.47 Å². The normalized spacial score (nSPS) is 19.4. The number of nitrogens with zero attached hydrogens (tertiary/aromatic N) is 2. The largest absolute Gasteiger partial charge is 0.475 e. The van der Waals surface area contributed by atoms with Crippen LogP contribution in [-0.4, -0.2) is 35.3 Å². The summed E-state index contributed by atoms with van der Waals surface area (Å²) in [7, 11) is 0. The highest BCUT2D eigenvalue weighted by molar-refractivity contribution is 5.22. The zero-order valence-electron chi connectivity index (χ0n) is 11.1. The molecule has 5 nitrogen and oxygen atoms in total. The Hall–Kier alpha value is -1.20. The molecule has 1 aliphatic heterocycles. The van der Waals surface area contributed by atoms with Crippen molar-refractivity contribution in [1.82, 2.24) is 15.3 Å². The highest BCUT2D eigenvalue weighted by Crippen LogP contribution is 2.17. The Kier molecular flexibility index (Phi) is 4.90. The van der Waals surface area contributed by atoms with Gasteiger partial charge in [0, 0.05) is 31.0 Å². The van der Waals surface area contributed by atoms with Crippen molar-refractivity contribution in [2.75, 3.05) is 13.2 Å². The van der Waals surface area contributed by atoms with Crippen LogP contribution < -0.4 is 10.1 Å². The lowest BCUT2D eigenvalue weighted by Gasteiger charge is -2.14. The van der Waals surface area contributed by atoms with Crippen LogP contribution in [0.15, 0.2) is 12.5 Å². The van der Waals surface area contributed by atoms with Crippen molar-refractivity contribution in [2.45, 2.75) is 45.4 Å². The van der Waals surface area contributed by atoms with Gasteiger partial charge in [-0.25, -0.2) is 9.97 Å². The molecule has 0 spiro atoms. The van der Waals surface area contributed by atoms with E-state index in [2.05, 4.69) is 29.1 Å². The van der Waals surface area contributed by atoms with E-state index < -0.39 is 0 Å². The molecule has 18 heavy (non-hydrogen) atoms. The van der Waals surface area contributed by atoms with Gasteiger partial charge in [-0.3, -0.25) is 0 Å². The van der Waals surface area contributed by atoms with E-state index in [0.29, 0.717) is 18.5 Å². The summed E-state index contributed by atoms with van der Waals surface area (Å²) in [4.78, 5) is 8.23. The summed E-state index contributed by atoms with van der Waals surface area (Å²) in [5, 5.41) is 3.34. The maximum absolute atomic E-state index is 5.74. The summed E-state index contributed by atoms with van der Waals surface area (Å²) in [6.45, 7) is 6.36. The number of aromatic nitrogens is 2. The van der Waals surface area contributed by atoms with Gasteiger partial charge in [0.15, 0.2) is 0 Å². The summed E-state index contributed by atoms with van der Waals surface area (Å²) >= 11 is 0. The van der Waals surface area contributed by atoms with Gasteiger partial charge in [-0.2, -0.15) is 0 Å². The van der Waals surface area contributed by atoms with E-state index >= 15 is 0 Å². The third kappa shape index (κ3) is 3.92. The van der Waals surface area contributed by atoms with E-state index in [0.717, 1.165) is 31.6 Å². The monoisotopic (exact) mass is 251 g/mol. The molecule has 1 saturated heterocycles. The maximum Gasteiger partial charge on any atom is 0.221 e. The van der Waals surface area contributed by atoms with E-state index in [9.17, 15) is 0 Å². The van der Waals surface area contributed by atoms with Gasteiger partial charge in [0.1, 0.15) is 12.9 Å². The summed E-state index contributed by atoms with van der Waals surface area (Å²) in [5.74, 6) is 0.661. The van der Waals surface area contributed by atoms with Crippen molar-refractivity contribution in [1.29, 1.82) is 0 Å². The van der Waals surface area contributed by atoms with E-state index in [1.54, 1.807) is 6.20 Å². The second-order valence-electron chi connectivity index (χ2n) is 4.83. The highest BCUT2D eigenvalue weighted by Gasteiger charge is 2.17. The highest BCUT2D eigenvalue weighted by atomic mass is 16.5. The lowest BCUT2D eigenvalue weighted by molar-refractivity contribution is 0.0658. The van der Waals surface area contributed by atoms with Gasteiger partial charge in [-0.1, -0.05) is 13.8 Å². The quantitative estimate of drug-likeness (QED) is 0.831. The molecule has 0 amide bonds. The first-order chi connectivity index (χ1) is 8.75. The Morgan fingerprint density at radius 3 is 3.17 bits per heavy atom. The second kappa shape index (κ2) is 6.66. The van der Waals surface area contributed by atoms with Crippen LogP contribution in [0, 0.1) is 0 Å². The Morgan fingerprint density at radius 1 is 1.56 bits per heavy atom. The van der Waals surface area contributed by atoms with Gasteiger partial charge in [0.2, 0.25) is 5.88 Å². The SMILES string of the molecule is CC(C)NCc1cncnc1OCC1CCCO1. The molecule has 1 N–H and O–H groups in total. The molecule has 1 aromatic rings. The van der Waals surface area contributed by atoms with E-state index in [4.69, 9.17) is 9.47 Å². The Bertz CT molecular complexity index is 365. The number of ether oxygens (including phenoxy) is 2. The zero-order chi connectivity index (χ0) is 12.8. The zero-order valence-corrected chi connectivity index (χ0v) is 11.1. The van der Waals surface area contributed by atoms with Gasteiger partial charge < -0.3 is 14.8 Å². The van der Waals surface area contributed by atoms with Gasteiger partial charge in [0.05, 0.1) is 6.10 Å². The standard InChI is InChI=1S/C13H21N3O2/c1-10(2)15-7-11-6-14-9-16-13(11)18-8-12-4-3-5-17-12/h6,9-10,12,15H,3-5,7-8H2,1-2H3. The molecule has 2 rings (SSSR count). The maximum atomic E-state index is 5.74. The third-order valence-electron chi connectivity index (χ3n) is 2.88. The fraction of sp³-hybridized carbons (Fsp3) is 0.692. The molecule has 0 saturated carbocycles. The first-order valence-corrected chi connectivity index (χ1v) is 6.52. The van der Waals surface area contributed by atoms with Crippen LogP contribution in [0.2, 0.25) is 0 Å². The van der Waals surface area contributed by atoms with Crippen molar-refractivity contribution in [3.8, 4) is 5.88 Å². The minimum absolute atomic E-state index is 0.214. The van der Waals surface area contributed by atoms with E-state index in [1.165, 1.54) is 6.33 Å². The number of nitrogens with one attached hydrogen (secondary N) is 1. The van der Waals surface area contributed by atoms with Crippen LogP contribution in [0.25, 0.3) is 0 Å². The molecule has 1 aromatic heterocycles. The molecule has 1 atom stereocenters. The van der Waals surface area contributed by atoms with Gasteiger partial charge >= 0.3 is 0 Å². The average molecular weight is 251 g/mol. The van der Waals surface area contributed by atoms with Gasteiger partial charge in [-0.15, -0.1) is 0 Å². The van der Waals surface area contributed by atoms with Crippen LogP contribution in [0.1, 0.15) is 32.3 Å². The lowest BCUT2D eigenvalue weighted by atomic mass is 10.2. The fourth-order valence-electron chi connectivity index (χ4n) is 1.86. The minimum Gasteiger partial charge on any atom is -0.475 e. The average Bonchev–Trinajstić information content (AvgIpc) is 2.88. The van der Waals surface area contributed by atoms with Crippen LogP contribution >= 0.6 is 0 Å². The number of hydrogen-bond donors (Lipinski definition) is 1.